The van der Waals surface area contributed by atoms with E-state index in [-0.39, 0.29) is 11.7 Å². The molecule has 3 aromatic carbocycles. The molecule has 0 saturated heterocycles. The van der Waals surface area contributed by atoms with E-state index in [4.69, 9.17) is 0 Å². The average molecular weight is 410 g/mol. The van der Waals surface area contributed by atoms with Crippen molar-refractivity contribution < 1.29 is 9.50 Å². The summed E-state index contributed by atoms with van der Waals surface area (Å²) in [5, 5.41) is 21.6. The molecule has 5 nitrogen and oxygen atoms in total. The number of para-hydroxylation sites is 1. The van der Waals surface area contributed by atoms with Crippen LogP contribution >= 0.6 is 0 Å². The molecule has 6 heteroatoms. The molecule has 0 spiro atoms. The summed E-state index contributed by atoms with van der Waals surface area (Å²) in [5.74, 6) is -0.155. The molecule has 0 amide bonds. The highest BCUT2D eigenvalue weighted by atomic mass is 19.1. The SMILES string of the molecule is OC(c1ccc2c(c1)nnn2-c1ccc(F)cc1)(c1ccnc2ccccc12)C1CC1. The first-order valence-electron chi connectivity index (χ1n) is 10.3. The largest absolute Gasteiger partial charge is 0.380 e. The lowest BCUT2D eigenvalue weighted by Gasteiger charge is -2.30. The Morgan fingerprint density at radius 1 is 0.935 bits per heavy atom. The number of benzene rings is 3. The maximum absolute atomic E-state index is 13.3. The van der Waals surface area contributed by atoms with E-state index in [1.54, 1.807) is 23.0 Å². The van der Waals surface area contributed by atoms with Gasteiger partial charge in [0.05, 0.1) is 16.7 Å². The molecule has 1 saturated carbocycles. The van der Waals surface area contributed by atoms with Gasteiger partial charge in [-0.2, -0.15) is 0 Å². The predicted molar refractivity (Wildman–Crippen MR) is 116 cm³/mol. The zero-order chi connectivity index (χ0) is 21.0. The molecule has 2 heterocycles. The molecule has 1 atom stereocenters. The number of nitrogens with zero attached hydrogens (tertiary/aromatic N) is 4. The fraction of sp³-hybridized carbons (Fsp3) is 0.160. The summed E-state index contributed by atoms with van der Waals surface area (Å²) in [6.45, 7) is 0. The number of hydrogen-bond donors (Lipinski definition) is 1. The predicted octanol–water partition coefficient (Wildman–Crippen LogP) is 4.75. The monoisotopic (exact) mass is 410 g/mol. The second kappa shape index (κ2) is 6.68. The van der Waals surface area contributed by atoms with E-state index in [9.17, 15) is 9.50 Å². The Balaban J connectivity index is 1.51. The van der Waals surface area contributed by atoms with Crippen LogP contribution in [0.4, 0.5) is 4.39 Å². The molecule has 6 rings (SSSR count). The normalized spacial score (nSPS) is 15.9. The van der Waals surface area contributed by atoms with Gasteiger partial charge in [-0.1, -0.05) is 29.5 Å². The van der Waals surface area contributed by atoms with E-state index in [2.05, 4.69) is 15.3 Å². The Labute approximate surface area is 177 Å². The van der Waals surface area contributed by atoms with Crippen molar-refractivity contribution in [2.45, 2.75) is 18.4 Å². The summed E-state index contributed by atoms with van der Waals surface area (Å²) in [5.41, 5.74) is 3.61. The Kier molecular flexibility index (Phi) is 3.91. The highest BCUT2D eigenvalue weighted by Gasteiger charge is 2.47. The van der Waals surface area contributed by atoms with Gasteiger partial charge >= 0.3 is 0 Å². The van der Waals surface area contributed by atoms with Crippen molar-refractivity contribution >= 4 is 21.9 Å². The molecule has 2 aromatic heterocycles. The maximum Gasteiger partial charge on any atom is 0.123 e. The molecule has 5 aromatic rings. The molecule has 0 radical (unpaired) electrons. The van der Waals surface area contributed by atoms with Gasteiger partial charge in [0.25, 0.3) is 0 Å². The molecule has 1 unspecified atom stereocenters. The lowest BCUT2D eigenvalue weighted by Crippen LogP contribution is -2.30. The standard InChI is InChI=1S/C25H19FN4O/c26-18-8-10-19(11-9-18)30-24-12-7-17(15-23(24)28-29-30)25(31,16-5-6-16)21-13-14-27-22-4-2-1-3-20(21)22/h1-4,7-16,31H,5-6H2. The van der Waals surface area contributed by atoms with Crippen molar-refractivity contribution in [3.63, 3.8) is 0 Å². The van der Waals surface area contributed by atoms with Gasteiger partial charge in [0, 0.05) is 11.6 Å². The van der Waals surface area contributed by atoms with Crippen molar-refractivity contribution in [3.05, 3.63) is 95.9 Å². The van der Waals surface area contributed by atoms with Gasteiger partial charge in [0.15, 0.2) is 0 Å². The van der Waals surface area contributed by atoms with Crippen molar-refractivity contribution in [2.75, 3.05) is 0 Å². The minimum atomic E-state index is -1.13. The minimum Gasteiger partial charge on any atom is -0.380 e. The van der Waals surface area contributed by atoms with Crippen LogP contribution in [0.1, 0.15) is 24.0 Å². The third-order valence-electron chi connectivity index (χ3n) is 6.18. The summed E-state index contributed by atoms with van der Waals surface area (Å²) >= 11 is 0. The zero-order valence-corrected chi connectivity index (χ0v) is 16.6. The van der Waals surface area contributed by atoms with Gasteiger partial charge in [-0.3, -0.25) is 4.98 Å². The number of hydrogen-bond acceptors (Lipinski definition) is 4. The van der Waals surface area contributed by atoms with Crippen LogP contribution < -0.4 is 0 Å². The summed E-state index contributed by atoms with van der Waals surface area (Å²) in [6.07, 6.45) is 3.69. The Hall–Kier alpha value is -3.64. The van der Waals surface area contributed by atoms with E-state index in [1.807, 2.05) is 48.5 Å². The molecule has 1 aliphatic rings. The van der Waals surface area contributed by atoms with Crippen LogP contribution in [0.15, 0.2) is 79.0 Å². The van der Waals surface area contributed by atoms with Gasteiger partial charge in [-0.25, -0.2) is 9.07 Å². The number of fused-ring (bicyclic) bond motifs is 2. The quantitative estimate of drug-likeness (QED) is 0.464. The van der Waals surface area contributed by atoms with Gasteiger partial charge in [0.2, 0.25) is 0 Å². The first-order chi connectivity index (χ1) is 15.1. The lowest BCUT2D eigenvalue weighted by molar-refractivity contribution is 0.0580. The van der Waals surface area contributed by atoms with Crippen LogP contribution in [-0.4, -0.2) is 25.1 Å². The van der Waals surface area contributed by atoms with E-state index in [1.165, 1.54) is 12.1 Å². The molecular weight excluding hydrogens is 391 g/mol. The zero-order valence-electron chi connectivity index (χ0n) is 16.6. The Morgan fingerprint density at radius 2 is 1.74 bits per heavy atom. The summed E-state index contributed by atoms with van der Waals surface area (Å²) < 4.78 is 15.0. The van der Waals surface area contributed by atoms with Gasteiger partial charge < -0.3 is 5.11 Å². The summed E-state index contributed by atoms with van der Waals surface area (Å²) in [4.78, 5) is 4.46. The fourth-order valence-electron chi connectivity index (χ4n) is 4.47. The molecule has 1 aliphatic carbocycles. The lowest BCUT2D eigenvalue weighted by atomic mass is 9.80. The second-order valence-electron chi connectivity index (χ2n) is 8.10. The second-order valence-corrected chi connectivity index (χ2v) is 8.10. The van der Waals surface area contributed by atoms with Gasteiger partial charge in [-0.15, -0.1) is 5.10 Å². The molecule has 31 heavy (non-hydrogen) atoms. The van der Waals surface area contributed by atoms with Crippen molar-refractivity contribution in [1.82, 2.24) is 20.0 Å². The van der Waals surface area contributed by atoms with E-state index in [0.717, 1.165) is 46.1 Å². The van der Waals surface area contributed by atoms with Gasteiger partial charge in [0.1, 0.15) is 16.9 Å². The summed E-state index contributed by atoms with van der Waals surface area (Å²) in [7, 11) is 0. The smallest absolute Gasteiger partial charge is 0.123 e. The first-order valence-corrected chi connectivity index (χ1v) is 10.3. The molecule has 152 valence electrons. The summed E-state index contributed by atoms with van der Waals surface area (Å²) in [6, 6.07) is 21.7. The van der Waals surface area contributed by atoms with Crippen LogP contribution in [0.3, 0.4) is 0 Å². The van der Waals surface area contributed by atoms with Crippen molar-refractivity contribution in [3.8, 4) is 5.69 Å². The fourth-order valence-corrected chi connectivity index (χ4v) is 4.47. The minimum absolute atomic E-state index is 0.142. The van der Waals surface area contributed by atoms with E-state index >= 15 is 0 Å². The first kappa shape index (κ1) is 18.2. The maximum atomic E-state index is 13.3. The number of rotatable bonds is 4. The van der Waals surface area contributed by atoms with Crippen LogP contribution in [0.2, 0.25) is 0 Å². The van der Waals surface area contributed by atoms with Crippen molar-refractivity contribution in [2.24, 2.45) is 5.92 Å². The van der Waals surface area contributed by atoms with Crippen LogP contribution in [-0.2, 0) is 5.60 Å². The Morgan fingerprint density at radius 3 is 2.55 bits per heavy atom. The molecule has 1 N–H and O–H groups in total. The molecule has 1 fully saturated rings. The van der Waals surface area contributed by atoms with E-state index in [0.29, 0.717) is 5.52 Å². The van der Waals surface area contributed by atoms with Crippen LogP contribution in [0.5, 0.6) is 0 Å². The Bertz CT molecular complexity index is 1420. The van der Waals surface area contributed by atoms with Crippen molar-refractivity contribution in [1.29, 1.82) is 0 Å². The number of aromatic nitrogens is 4. The van der Waals surface area contributed by atoms with Crippen LogP contribution in [0, 0.1) is 11.7 Å². The number of aliphatic hydroxyl groups is 1. The highest BCUT2D eigenvalue weighted by Crippen LogP contribution is 2.51. The average Bonchev–Trinajstić information content (AvgIpc) is 3.59. The molecule has 0 bridgehead atoms. The number of pyridine rings is 1. The molecular formula is C25H19FN4O. The highest BCUT2D eigenvalue weighted by molar-refractivity contribution is 5.84. The third kappa shape index (κ3) is 2.83. The van der Waals surface area contributed by atoms with Gasteiger partial charge in [-0.05, 0) is 78.4 Å². The number of halogens is 1. The topological polar surface area (TPSA) is 63.8 Å². The third-order valence-corrected chi connectivity index (χ3v) is 6.18. The van der Waals surface area contributed by atoms with E-state index < -0.39 is 5.60 Å². The van der Waals surface area contributed by atoms with Crippen LogP contribution in [0.25, 0.3) is 27.6 Å². The molecule has 0 aliphatic heterocycles.